The van der Waals surface area contributed by atoms with Crippen molar-refractivity contribution < 1.29 is 13.6 Å². The molecule has 3 nitrogen and oxygen atoms in total. The van der Waals surface area contributed by atoms with Crippen molar-refractivity contribution in [2.24, 2.45) is 0 Å². The summed E-state index contributed by atoms with van der Waals surface area (Å²) >= 11 is 6.74. The fourth-order valence-corrected chi connectivity index (χ4v) is 2.95. The first kappa shape index (κ1) is 16.9. The van der Waals surface area contributed by atoms with Crippen molar-refractivity contribution in [2.75, 3.05) is 6.66 Å². The van der Waals surface area contributed by atoms with Crippen molar-refractivity contribution in [3.8, 4) is 0 Å². The van der Waals surface area contributed by atoms with Gasteiger partial charge in [-0.25, -0.2) is 0 Å². The third-order valence-electron chi connectivity index (χ3n) is 2.76. The van der Waals surface area contributed by atoms with Gasteiger partial charge in [0.15, 0.2) is 0 Å². The lowest BCUT2D eigenvalue weighted by Gasteiger charge is -2.14. The maximum absolute atomic E-state index is 12.2. The zero-order chi connectivity index (χ0) is 15.3. The summed E-state index contributed by atoms with van der Waals surface area (Å²) in [6.45, 7) is 2.02. The Bertz CT molecular complexity index is 573. The summed E-state index contributed by atoms with van der Waals surface area (Å²) in [6.07, 6.45) is 0. The molecule has 0 heterocycles. The van der Waals surface area contributed by atoms with Gasteiger partial charge in [-0.05, 0) is 35.4 Å². The highest BCUT2D eigenvalue weighted by molar-refractivity contribution is 9.10. The van der Waals surface area contributed by atoms with E-state index in [0.29, 0.717) is 0 Å². The van der Waals surface area contributed by atoms with E-state index in [1.54, 1.807) is 0 Å². The van der Waals surface area contributed by atoms with Gasteiger partial charge in [0.1, 0.15) is 0 Å². The van der Waals surface area contributed by atoms with E-state index in [4.69, 9.17) is 9.05 Å². The monoisotopic (exact) mass is 432 g/mol. The van der Waals surface area contributed by atoms with Gasteiger partial charge in [0.25, 0.3) is 0 Å². The lowest BCUT2D eigenvalue weighted by atomic mass is 10.2. The predicted octanol–water partition coefficient (Wildman–Crippen LogP) is 5.77. The molecule has 0 bridgehead atoms. The van der Waals surface area contributed by atoms with Crippen LogP contribution in [-0.4, -0.2) is 6.66 Å². The topological polar surface area (TPSA) is 35.5 Å². The minimum absolute atomic E-state index is 0.265. The average molecular weight is 434 g/mol. The largest absolute Gasteiger partial charge is 0.328 e. The fraction of sp³-hybridized carbons (Fsp3) is 0.200. The van der Waals surface area contributed by atoms with E-state index >= 15 is 0 Å². The molecule has 2 rings (SSSR count). The summed E-state index contributed by atoms with van der Waals surface area (Å²) in [5, 5.41) is 0. The van der Waals surface area contributed by atoms with E-state index in [0.717, 1.165) is 20.1 Å². The van der Waals surface area contributed by atoms with Gasteiger partial charge in [-0.2, -0.15) is 0 Å². The summed E-state index contributed by atoms with van der Waals surface area (Å²) in [5.74, 6) is 0. The van der Waals surface area contributed by atoms with Crippen molar-refractivity contribution in [2.45, 2.75) is 13.2 Å². The minimum Gasteiger partial charge on any atom is -0.304 e. The number of benzene rings is 2. The summed E-state index contributed by atoms with van der Waals surface area (Å²) in [7, 11) is -3.07. The Labute approximate surface area is 141 Å². The summed E-state index contributed by atoms with van der Waals surface area (Å²) in [6, 6.07) is 15.3. The molecular weight excluding hydrogens is 419 g/mol. The highest BCUT2D eigenvalue weighted by Crippen LogP contribution is 2.45. The number of halogens is 2. The Hall–Kier alpha value is -0.450. The molecule has 2 aromatic rings. The fourth-order valence-electron chi connectivity index (χ4n) is 1.58. The second-order valence-corrected chi connectivity index (χ2v) is 8.46. The van der Waals surface area contributed by atoms with Crippen molar-refractivity contribution in [3.05, 3.63) is 68.6 Å². The molecule has 0 aliphatic carbocycles. The molecule has 0 aromatic heterocycles. The van der Waals surface area contributed by atoms with Gasteiger partial charge in [-0.15, -0.1) is 0 Å². The lowest BCUT2D eigenvalue weighted by molar-refractivity contribution is 0.196. The number of hydrogen-bond acceptors (Lipinski definition) is 3. The predicted molar refractivity (Wildman–Crippen MR) is 91.4 cm³/mol. The first-order valence-corrected chi connectivity index (χ1v) is 9.88. The summed E-state index contributed by atoms with van der Waals surface area (Å²) in [5.41, 5.74) is 1.90. The van der Waals surface area contributed by atoms with E-state index in [1.165, 1.54) is 6.66 Å². The van der Waals surface area contributed by atoms with Crippen molar-refractivity contribution in [1.29, 1.82) is 0 Å². The van der Waals surface area contributed by atoms with Gasteiger partial charge in [-0.1, -0.05) is 56.1 Å². The quantitative estimate of drug-likeness (QED) is 0.542. The summed E-state index contributed by atoms with van der Waals surface area (Å²) in [4.78, 5) is 0. The van der Waals surface area contributed by atoms with Gasteiger partial charge >= 0.3 is 7.60 Å². The van der Waals surface area contributed by atoms with Crippen LogP contribution in [0.1, 0.15) is 11.1 Å². The molecule has 6 heteroatoms. The Balaban J connectivity index is 1.85. The van der Waals surface area contributed by atoms with Gasteiger partial charge in [0.2, 0.25) is 0 Å². The maximum Gasteiger partial charge on any atom is 0.328 e. The van der Waals surface area contributed by atoms with Gasteiger partial charge in [0.05, 0.1) is 13.2 Å². The molecule has 0 unspecified atom stereocenters. The molecule has 21 heavy (non-hydrogen) atoms. The molecule has 0 fully saturated rings. The minimum atomic E-state index is -3.07. The zero-order valence-electron chi connectivity index (χ0n) is 11.5. The van der Waals surface area contributed by atoms with Crippen LogP contribution in [0.2, 0.25) is 0 Å². The third-order valence-corrected chi connectivity index (χ3v) is 5.01. The average Bonchev–Trinajstić information content (AvgIpc) is 2.46. The van der Waals surface area contributed by atoms with Crippen LogP contribution in [0.4, 0.5) is 0 Å². The normalized spacial score (nSPS) is 11.6. The lowest BCUT2D eigenvalue weighted by Crippen LogP contribution is -1.96. The molecule has 0 N–H and O–H groups in total. The van der Waals surface area contributed by atoms with E-state index in [2.05, 4.69) is 31.9 Å². The molecule has 0 saturated heterocycles. The molecule has 0 radical (unpaired) electrons. The molecule has 0 aliphatic heterocycles. The van der Waals surface area contributed by atoms with Crippen LogP contribution in [0.3, 0.4) is 0 Å². The molecule has 112 valence electrons. The molecule has 0 amide bonds. The molecule has 0 atom stereocenters. The third kappa shape index (κ3) is 6.05. The highest BCUT2D eigenvalue weighted by Gasteiger charge is 2.17. The van der Waals surface area contributed by atoms with Crippen LogP contribution < -0.4 is 0 Å². The van der Waals surface area contributed by atoms with Crippen molar-refractivity contribution >= 4 is 39.5 Å². The van der Waals surface area contributed by atoms with Crippen LogP contribution in [-0.2, 0) is 26.8 Å². The highest BCUT2D eigenvalue weighted by atomic mass is 79.9. The molecule has 2 aromatic carbocycles. The van der Waals surface area contributed by atoms with E-state index in [9.17, 15) is 4.57 Å². The second kappa shape index (κ2) is 7.70. The second-order valence-electron chi connectivity index (χ2n) is 4.57. The van der Waals surface area contributed by atoms with Crippen LogP contribution in [0.25, 0.3) is 0 Å². The maximum atomic E-state index is 12.2. The number of rotatable bonds is 6. The Morgan fingerprint density at radius 1 is 0.810 bits per heavy atom. The van der Waals surface area contributed by atoms with Gasteiger partial charge in [-0.3, -0.25) is 4.57 Å². The molecule has 0 aliphatic rings. The van der Waals surface area contributed by atoms with Crippen LogP contribution in [0.15, 0.2) is 57.5 Å². The van der Waals surface area contributed by atoms with Crippen LogP contribution in [0.5, 0.6) is 0 Å². The SMILES string of the molecule is CP(=O)(OCc1ccc(Br)cc1)OCc1ccc(Br)cc1. The smallest absolute Gasteiger partial charge is 0.304 e. The Kier molecular flexibility index (Phi) is 6.20. The van der Waals surface area contributed by atoms with Crippen molar-refractivity contribution in [1.82, 2.24) is 0 Å². The first-order valence-electron chi connectivity index (χ1n) is 6.30. The molecule has 0 saturated carbocycles. The van der Waals surface area contributed by atoms with E-state index in [-0.39, 0.29) is 13.2 Å². The van der Waals surface area contributed by atoms with E-state index < -0.39 is 7.60 Å². The standard InChI is InChI=1S/C15H15Br2O3P/c1-21(18,19-10-12-2-6-14(16)7-3-12)20-11-13-4-8-15(17)9-5-13/h2-9H,10-11H2,1H3. The van der Waals surface area contributed by atoms with Gasteiger partial charge < -0.3 is 9.05 Å². The van der Waals surface area contributed by atoms with E-state index in [1.807, 2.05) is 48.5 Å². The zero-order valence-corrected chi connectivity index (χ0v) is 15.5. The van der Waals surface area contributed by atoms with Crippen molar-refractivity contribution in [3.63, 3.8) is 0 Å². The Morgan fingerprint density at radius 2 is 1.14 bits per heavy atom. The Morgan fingerprint density at radius 3 is 1.48 bits per heavy atom. The first-order chi connectivity index (χ1) is 9.94. The molecular formula is C15H15Br2O3P. The van der Waals surface area contributed by atoms with Gasteiger partial charge in [0, 0.05) is 15.6 Å². The summed E-state index contributed by atoms with van der Waals surface area (Å²) < 4.78 is 25.0. The number of hydrogen-bond donors (Lipinski definition) is 0. The van der Waals surface area contributed by atoms with Crippen LogP contribution in [0, 0.1) is 0 Å². The van der Waals surface area contributed by atoms with Crippen LogP contribution >= 0.6 is 39.5 Å². The molecule has 0 spiro atoms.